The van der Waals surface area contributed by atoms with Crippen molar-refractivity contribution in [3.05, 3.63) is 71.8 Å². The Bertz CT molecular complexity index is 1370. The van der Waals surface area contributed by atoms with Gasteiger partial charge in [0.05, 0.1) is 25.2 Å². The van der Waals surface area contributed by atoms with Gasteiger partial charge in [-0.25, -0.2) is 9.59 Å². The second-order valence-electron chi connectivity index (χ2n) is 7.84. The number of amides is 2. The van der Waals surface area contributed by atoms with Crippen molar-refractivity contribution in [1.29, 1.82) is 0 Å². The third kappa shape index (κ3) is 1.57. The van der Waals surface area contributed by atoms with Crippen molar-refractivity contribution < 1.29 is 14.1 Å². The van der Waals surface area contributed by atoms with Crippen molar-refractivity contribution in [1.82, 2.24) is 0 Å². The van der Waals surface area contributed by atoms with E-state index in [-0.39, 0.29) is 16.3 Å². The molecule has 0 aromatic heterocycles. The molecule has 0 spiro atoms. The fourth-order valence-electron chi connectivity index (χ4n) is 4.79. The van der Waals surface area contributed by atoms with Gasteiger partial charge in [0.1, 0.15) is 0 Å². The summed E-state index contributed by atoms with van der Waals surface area (Å²) < 4.78 is -0.271. The maximum absolute atomic E-state index is 13.1. The first kappa shape index (κ1) is 14.8. The first-order chi connectivity index (χ1) is 13.0. The molecular formula is C24H16NO2+. The molecule has 0 saturated carbocycles. The molecule has 0 unspecified atom stereocenters. The lowest BCUT2D eigenvalue weighted by Gasteiger charge is -2.30. The summed E-state index contributed by atoms with van der Waals surface area (Å²) in [4.78, 5) is 26.1. The smallest absolute Gasteiger partial charge is 0.225 e. The molecule has 0 N–H and O–H groups in total. The van der Waals surface area contributed by atoms with Gasteiger partial charge in [-0.1, -0.05) is 48.5 Å². The van der Waals surface area contributed by atoms with Crippen molar-refractivity contribution in [2.75, 3.05) is 14.1 Å². The maximum Gasteiger partial charge on any atom is 0.353 e. The van der Waals surface area contributed by atoms with Gasteiger partial charge in [-0.2, -0.15) is 4.48 Å². The summed E-state index contributed by atoms with van der Waals surface area (Å²) in [6, 6.07) is 20.5. The van der Waals surface area contributed by atoms with E-state index in [2.05, 4.69) is 36.4 Å². The van der Waals surface area contributed by atoms with Gasteiger partial charge in [0.15, 0.2) is 0 Å². The zero-order valence-electron chi connectivity index (χ0n) is 15.0. The van der Waals surface area contributed by atoms with E-state index in [1.165, 1.54) is 21.5 Å². The van der Waals surface area contributed by atoms with Gasteiger partial charge in [-0.05, 0) is 49.8 Å². The van der Waals surface area contributed by atoms with Crippen LogP contribution in [0, 0.1) is 0 Å². The Hall–Kier alpha value is -3.30. The van der Waals surface area contributed by atoms with E-state index in [1.807, 2.05) is 24.3 Å². The molecular weight excluding hydrogens is 334 g/mol. The van der Waals surface area contributed by atoms with Crippen LogP contribution in [0.25, 0.3) is 43.1 Å². The number of nitrogens with zero attached hydrogens (tertiary/aromatic N) is 1. The minimum Gasteiger partial charge on any atom is -0.225 e. The Kier molecular flexibility index (Phi) is 2.47. The Balaban J connectivity index is 1.97. The molecule has 1 aliphatic heterocycles. The Labute approximate surface area is 155 Å². The number of fused-ring (bicyclic) bond motifs is 2. The number of carbonyl (C=O) groups is 2. The molecule has 0 saturated heterocycles. The van der Waals surface area contributed by atoms with Crippen LogP contribution < -0.4 is 0 Å². The Morgan fingerprint density at radius 1 is 0.556 bits per heavy atom. The van der Waals surface area contributed by atoms with Crippen molar-refractivity contribution in [3.8, 4) is 0 Å². The number of quaternary nitrogens is 1. The minimum atomic E-state index is -0.271. The zero-order valence-corrected chi connectivity index (χ0v) is 15.0. The van der Waals surface area contributed by atoms with Crippen LogP contribution in [0.1, 0.15) is 20.7 Å². The van der Waals surface area contributed by atoms with E-state index >= 15 is 0 Å². The van der Waals surface area contributed by atoms with E-state index in [1.54, 1.807) is 14.1 Å². The van der Waals surface area contributed by atoms with E-state index in [9.17, 15) is 9.59 Å². The van der Waals surface area contributed by atoms with Gasteiger partial charge in [-0.3, -0.25) is 0 Å². The fourth-order valence-corrected chi connectivity index (χ4v) is 4.79. The number of hydrogen-bond acceptors (Lipinski definition) is 2. The number of hydrogen-bond donors (Lipinski definition) is 0. The quantitative estimate of drug-likeness (QED) is 0.168. The van der Waals surface area contributed by atoms with Crippen molar-refractivity contribution in [2.45, 2.75) is 0 Å². The monoisotopic (exact) mass is 350 g/mol. The largest absolute Gasteiger partial charge is 0.353 e. The summed E-state index contributed by atoms with van der Waals surface area (Å²) in [5.74, 6) is -0.290. The molecule has 128 valence electrons. The molecule has 3 nitrogen and oxygen atoms in total. The Morgan fingerprint density at radius 3 is 1.56 bits per heavy atom. The van der Waals surface area contributed by atoms with Crippen LogP contribution in [0.2, 0.25) is 0 Å². The molecule has 5 aromatic rings. The molecule has 0 fully saturated rings. The van der Waals surface area contributed by atoms with E-state index < -0.39 is 0 Å². The molecule has 3 heteroatoms. The predicted octanol–water partition coefficient (Wildman–Crippen LogP) is 5.11. The third-order valence-electron chi connectivity index (χ3n) is 6.12. The van der Waals surface area contributed by atoms with Crippen LogP contribution in [-0.2, 0) is 0 Å². The van der Waals surface area contributed by atoms with Gasteiger partial charge >= 0.3 is 11.8 Å². The highest BCUT2D eigenvalue weighted by molar-refractivity contribution is 6.36. The second kappa shape index (κ2) is 4.51. The molecule has 1 heterocycles. The highest BCUT2D eigenvalue weighted by Gasteiger charge is 2.44. The maximum atomic E-state index is 13.1. The lowest BCUT2D eigenvalue weighted by atomic mass is 9.84. The van der Waals surface area contributed by atoms with Crippen LogP contribution in [0.15, 0.2) is 60.7 Å². The summed E-state index contributed by atoms with van der Waals surface area (Å²) in [6.07, 6.45) is 0. The zero-order chi connectivity index (χ0) is 18.5. The fraction of sp³-hybridized carbons (Fsp3) is 0.0833. The molecule has 0 radical (unpaired) electrons. The first-order valence-corrected chi connectivity index (χ1v) is 9.06. The molecule has 5 aromatic carbocycles. The third-order valence-corrected chi connectivity index (χ3v) is 6.12. The lowest BCUT2D eigenvalue weighted by molar-refractivity contribution is -0.720. The van der Waals surface area contributed by atoms with E-state index in [0.29, 0.717) is 11.1 Å². The van der Waals surface area contributed by atoms with Gasteiger partial charge in [0.2, 0.25) is 0 Å². The first-order valence-electron chi connectivity index (χ1n) is 9.06. The highest BCUT2D eigenvalue weighted by atomic mass is 16.2. The van der Waals surface area contributed by atoms with Crippen LogP contribution in [0.3, 0.4) is 0 Å². The molecule has 0 bridgehead atoms. The predicted molar refractivity (Wildman–Crippen MR) is 108 cm³/mol. The van der Waals surface area contributed by atoms with Crippen molar-refractivity contribution in [3.63, 3.8) is 0 Å². The molecule has 2 amide bonds. The van der Waals surface area contributed by atoms with Gasteiger partial charge in [0, 0.05) is 5.39 Å². The summed E-state index contributed by atoms with van der Waals surface area (Å²) in [5.41, 5.74) is 1.28. The minimum absolute atomic E-state index is 0.145. The average Bonchev–Trinajstić information content (AvgIpc) is 2.69. The van der Waals surface area contributed by atoms with Crippen LogP contribution in [0.4, 0.5) is 0 Å². The molecule has 6 rings (SSSR count). The van der Waals surface area contributed by atoms with Crippen LogP contribution >= 0.6 is 0 Å². The number of rotatable bonds is 0. The van der Waals surface area contributed by atoms with Crippen molar-refractivity contribution in [2.24, 2.45) is 0 Å². The molecule has 0 aliphatic carbocycles. The van der Waals surface area contributed by atoms with E-state index in [4.69, 9.17) is 0 Å². The number of imide groups is 1. The molecule has 27 heavy (non-hydrogen) atoms. The normalized spacial score (nSPS) is 16.2. The van der Waals surface area contributed by atoms with Crippen LogP contribution in [0.5, 0.6) is 0 Å². The molecule has 0 atom stereocenters. The van der Waals surface area contributed by atoms with Gasteiger partial charge < -0.3 is 0 Å². The summed E-state index contributed by atoms with van der Waals surface area (Å²) in [5, 5.41) is 8.80. The summed E-state index contributed by atoms with van der Waals surface area (Å²) >= 11 is 0. The molecule has 1 aliphatic rings. The van der Waals surface area contributed by atoms with E-state index in [0.717, 1.165) is 21.5 Å². The number of benzene rings is 5. The second-order valence-corrected chi connectivity index (χ2v) is 7.84. The highest BCUT2D eigenvalue weighted by Crippen LogP contribution is 2.44. The standard InChI is InChI=1S/C24H16NO2/c1-25(2)23(26)18-11-9-16-14-7-3-5-13-6-4-8-15(20(13)14)17-10-12-19(24(25)27)22(18)21(16)17/h3-12H,1-2H3/q+1. The number of carbonyl (C=O) groups excluding carboxylic acids is 2. The SMILES string of the molecule is C[N+]1(C)C(=O)c2ccc3c4cccc5cccc(c6ccc(c2c36)C1=O)c54. The summed E-state index contributed by atoms with van der Waals surface area (Å²) in [6.45, 7) is 0. The summed E-state index contributed by atoms with van der Waals surface area (Å²) in [7, 11) is 3.34. The topological polar surface area (TPSA) is 34.1 Å². The van der Waals surface area contributed by atoms with Gasteiger partial charge in [-0.15, -0.1) is 0 Å². The Morgan fingerprint density at radius 2 is 1.04 bits per heavy atom. The van der Waals surface area contributed by atoms with Crippen LogP contribution in [-0.4, -0.2) is 30.4 Å². The van der Waals surface area contributed by atoms with Crippen molar-refractivity contribution >= 4 is 54.9 Å². The average molecular weight is 350 g/mol. The van der Waals surface area contributed by atoms with Gasteiger partial charge in [0.25, 0.3) is 0 Å². The lowest BCUT2D eigenvalue weighted by Crippen LogP contribution is -2.52.